The van der Waals surface area contributed by atoms with E-state index in [0.717, 1.165) is 6.08 Å². The van der Waals surface area contributed by atoms with E-state index >= 15 is 0 Å². The van der Waals surface area contributed by atoms with Crippen LogP contribution in [0.3, 0.4) is 0 Å². The number of amides is 1. The number of hydrogen-bond donors (Lipinski definition) is 1. The van der Waals surface area contributed by atoms with Gasteiger partial charge in [0.05, 0.1) is 14.2 Å². The highest BCUT2D eigenvalue weighted by Crippen LogP contribution is 2.29. The molecule has 1 amide bonds. The van der Waals surface area contributed by atoms with Crippen molar-refractivity contribution in [3.63, 3.8) is 0 Å². The summed E-state index contributed by atoms with van der Waals surface area (Å²) in [6.45, 7) is -0.477. The minimum Gasteiger partial charge on any atom is -0.493 e. The lowest BCUT2D eigenvalue weighted by Crippen LogP contribution is -2.20. The molecule has 6 nitrogen and oxygen atoms in total. The van der Waals surface area contributed by atoms with Crippen LogP contribution in [-0.4, -0.2) is 32.7 Å². The number of carbonyl (C=O) groups excluding carboxylic acids is 2. The SMILES string of the molecule is COc1ccc(NC(=O)COC(=O)/C=C/c2ccccc2F)cc1OC. The molecule has 136 valence electrons. The van der Waals surface area contributed by atoms with Gasteiger partial charge in [-0.05, 0) is 24.3 Å². The zero-order valence-corrected chi connectivity index (χ0v) is 14.3. The first kappa shape index (κ1) is 19.0. The van der Waals surface area contributed by atoms with Gasteiger partial charge in [0.25, 0.3) is 5.91 Å². The summed E-state index contributed by atoms with van der Waals surface area (Å²) < 4.78 is 28.5. The Morgan fingerprint density at radius 3 is 2.50 bits per heavy atom. The van der Waals surface area contributed by atoms with Crippen molar-refractivity contribution in [1.29, 1.82) is 0 Å². The third kappa shape index (κ3) is 5.34. The van der Waals surface area contributed by atoms with Crippen molar-refractivity contribution in [2.24, 2.45) is 0 Å². The average Bonchev–Trinajstić information content (AvgIpc) is 2.65. The number of benzene rings is 2. The summed E-state index contributed by atoms with van der Waals surface area (Å²) in [6.07, 6.45) is 2.34. The molecule has 0 radical (unpaired) electrons. The van der Waals surface area contributed by atoms with E-state index in [-0.39, 0.29) is 5.56 Å². The van der Waals surface area contributed by atoms with Crippen molar-refractivity contribution >= 4 is 23.6 Å². The zero-order valence-electron chi connectivity index (χ0n) is 14.3. The van der Waals surface area contributed by atoms with Gasteiger partial charge < -0.3 is 19.5 Å². The van der Waals surface area contributed by atoms with Crippen LogP contribution < -0.4 is 14.8 Å². The van der Waals surface area contributed by atoms with Crippen molar-refractivity contribution in [3.05, 3.63) is 59.9 Å². The monoisotopic (exact) mass is 359 g/mol. The Bertz CT molecular complexity index is 819. The first-order valence-electron chi connectivity index (χ1n) is 7.64. The lowest BCUT2D eigenvalue weighted by atomic mass is 10.2. The summed E-state index contributed by atoms with van der Waals surface area (Å²) in [5, 5.41) is 2.57. The molecular weight excluding hydrogens is 341 g/mol. The van der Waals surface area contributed by atoms with Crippen LogP contribution in [0, 0.1) is 5.82 Å². The molecule has 0 saturated carbocycles. The summed E-state index contributed by atoms with van der Waals surface area (Å²) in [6, 6.07) is 10.8. The third-order valence-corrected chi connectivity index (χ3v) is 3.32. The largest absolute Gasteiger partial charge is 0.493 e. The molecule has 0 aliphatic heterocycles. The number of nitrogens with one attached hydrogen (secondary N) is 1. The maximum atomic E-state index is 13.4. The highest BCUT2D eigenvalue weighted by Gasteiger charge is 2.09. The van der Waals surface area contributed by atoms with Gasteiger partial charge in [0, 0.05) is 23.4 Å². The van der Waals surface area contributed by atoms with Crippen LogP contribution in [0.1, 0.15) is 5.56 Å². The Balaban J connectivity index is 1.86. The number of ether oxygens (including phenoxy) is 3. The van der Waals surface area contributed by atoms with Gasteiger partial charge in [0.15, 0.2) is 18.1 Å². The van der Waals surface area contributed by atoms with Crippen molar-refractivity contribution < 1.29 is 28.2 Å². The number of anilines is 1. The number of methoxy groups -OCH3 is 2. The van der Waals surface area contributed by atoms with Crippen LogP contribution in [0.2, 0.25) is 0 Å². The average molecular weight is 359 g/mol. The molecular formula is C19H18FNO5. The van der Waals surface area contributed by atoms with E-state index < -0.39 is 24.3 Å². The van der Waals surface area contributed by atoms with Crippen molar-refractivity contribution in [2.45, 2.75) is 0 Å². The number of rotatable bonds is 7. The fourth-order valence-electron chi connectivity index (χ4n) is 2.06. The molecule has 0 aliphatic rings. The van der Waals surface area contributed by atoms with Crippen molar-refractivity contribution in [2.75, 3.05) is 26.1 Å². The van der Waals surface area contributed by atoms with Crippen molar-refractivity contribution in [3.8, 4) is 11.5 Å². The van der Waals surface area contributed by atoms with Gasteiger partial charge in [-0.25, -0.2) is 9.18 Å². The summed E-state index contributed by atoms with van der Waals surface area (Å²) in [5.41, 5.74) is 0.713. The maximum absolute atomic E-state index is 13.4. The van der Waals surface area contributed by atoms with E-state index in [1.54, 1.807) is 30.3 Å². The summed E-state index contributed by atoms with van der Waals surface area (Å²) in [5.74, 6) is -0.756. The van der Waals surface area contributed by atoms with E-state index in [1.165, 1.54) is 32.4 Å². The fraction of sp³-hybridized carbons (Fsp3) is 0.158. The van der Waals surface area contributed by atoms with Gasteiger partial charge in [0.2, 0.25) is 0 Å². The molecule has 1 N–H and O–H groups in total. The maximum Gasteiger partial charge on any atom is 0.331 e. The first-order chi connectivity index (χ1) is 12.5. The Hall–Kier alpha value is -3.35. The summed E-state index contributed by atoms with van der Waals surface area (Å²) in [4.78, 5) is 23.5. The molecule has 2 aromatic rings. The standard InChI is InChI=1S/C19H18FNO5/c1-24-16-9-8-14(11-17(16)25-2)21-18(22)12-26-19(23)10-7-13-5-3-4-6-15(13)20/h3-11H,12H2,1-2H3,(H,21,22)/b10-7+. The number of halogens is 1. The second-order valence-electron chi connectivity index (χ2n) is 5.08. The van der Waals surface area contributed by atoms with Gasteiger partial charge in [-0.3, -0.25) is 4.79 Å². The number of esters is 1. The lowest BCUT2D eigenvalue weighted by molar-refractivity contribution is -0.142. The van der Waals surface area contributed by atoms with Crippen LogP contribution >= 0.6 is 0 Å². The topological polar surface area (TPSA) is 73.9 Å². The van der Waals surface area contributed by atoms with E-state index in [0.29, 0.717) is 17.2 Å². The molecule has 0 atom stereocenters. The van der Waals surface area contributed by atoms with Gasteiger partial charge in [-0.2, -0.15) is 0 Å². The Labute approximate surface area is 150 Å². The molecule has 2 aromatic carbocycles. The normalized spacial score (nSPS) is 10.4. The highest BCUT2D eigenvalue weighted by atomic mass is 19.1. The van der Waals surface area contributed by atoms with Crippen LogP contribution in [0.25, 0.3) is 6.08 Å². The minimum atomic E-state index is -0.754. The highest BCUT2D eigenvalue weighted by molar-refractivity contribution is 5.94. The van der Waals surface area contributed by atoms with E-state index in [2.05, 4.69) is 5.32 Å². The van der Waals surface area contributed by atoms with E-state index in [9.17, 15) is 14.0 Å². The summed E-state index contributed by atoms with van der Waals surface area (Å²) >= 11 is 0. The molecule has 0 unspecified atom stereocenters. The van der Waals surface area contributed by atoms with Gasteiger partial charge in [-0.15, -0.1) is 0 Å². The molecule has 0 bridgehead atoms. The van der Waals surface area contributed by atoms with E-state index in [1.807, 2.05) is 0 Å². The van der Waals surface area contributed by atoms with E-state index in [4.69, 9.17) is 14.2 Å². The van der Waals surface area contributed by atoms with Gasteiger partial charge >= 0.3 is 5.97 Å². The molecule has 0 aliphatic carbocycles. The van der Waals surface area contributed by atoms with Crippen molar-refractivity contribution in [1.82, 2.24) is 0 Å². The van der Waals surface area contributed by atoms with Gasteiger partial charge in [0.1, 0.15) is 5.82 Å². The lowest BCUT2D eigenvalue weighted by Gasteiger charge is -2.10. The second kappa shape index (κ2) is 9.22. The first-order valence-corrected chi connectivity index (χ1v) is 7.64. The quantitative estimate of drug-likeness (QED) is 0.608. The molecule has 26 heavy (non-hydrogen) atoms. The molecule has 7 heteroatoms. The molecule has 0 saturated heterocycles. The molecule has 0 fully saturated rings. The number of carbonyl (C=O) groups is 2. The molecule has 2 rings (SSSR count). The predicted molar refractivity (Wildman–Crippen MR) is 94.6 cm³/mol. The fourth-order valence-corrected chi connectivity index (χ4v) is 2.06. The van der Waals surface area contributed by atoms with Gasteiger partial charge in [-0.1, -0.05) is 18.2 Å². The molecule has 0 heterocycles. The Morgan fingerprint density at radius 1 is 1.08 bits per heavy atom. The summed E-state index contributed by atoms with van der Waals surface area (Å²) in [7, 11) is 2.98. The Kier molecular flexibility index (Phi) is 6.73. The van der Waals surface area contributed by atoms with Crippen LogP contribution in [0.15, 0.2) is 48.5 Å². The van der Waals surface area contributed by atoms with Crippen LogP contribution in [0.4, 0.5) is 10.1 Å². The zero-order chi connectivity index (χ0) is 18.9. The Morgan fingerprint density at radius 2 is 1.81 bits per heavy atom. The second-order valence-corrected chi connectivity index (χ2v) is 5.08. The number of hydrogen-bond acceptors (Lipinski definition) is 5. The third-order valence-electron chi connectivity index (χ3n) is 3.32. The minimum absolute atomic E-state index is 0.249. The predicted octanol–water partition coefficient (Wildman–Crippen LogP) is 3.04. The molecule has 0 spiro atoms. The van der Waals surface area contributed by atoms with Crippen LogP contribution in [-0.2, 0) is 14.3 Å². The molecule has 0 aromatic heterocycles. The van der Waals surface area contributed by atoms with Crippen LogP contribution in [0.5, 0.6) is 11.5 Å². The smallest absolute Gasteiger partial charge is 0.331 e.